The van der Waals surface area contributed by atoms with E-state index in [0.717, 1.165) is 18.4 Å². The van der Waals surface area contributed by atoms with Crippen LogP contribution in [0.15, 0.2) is 12.2 Å². The predicted octanol–water partition coefficient (Wildman–Crippen LogP) is 1.62. The van der Waals surface area contributed by atoms with Crippen molar-refractivity contribution in [1.29, 1.82) is 0 Å². The summed E-state index contributed by atoms with van der Waals surface area (Å²) in [5.74, 6) is 1.99. The summed E-state index contributed by atoms with van der Waals surface area (Å²) in [5.41, 5.74) is 5.43. The van der Waals surface area contributed by atoms with Gasteiger partial charge in [0.05, 0.1) is 0 Å². The number of nitrogens with zero attached hydrogens (tertiary/aromatic N) is 1. The van der Waals surface area contributed by atoms with Crippen LogP contribution in [-0.2, 0) is 0 Å². The number of rotatable bonds is 3. The van der Waals surface area contributed by atoms with Gasteiger partial charge in [-0.2, -0.15) is 0 Å². The highest BCUT2D eigenvalue weighted by Crippen LogP contribution is 2.34. The molecule has 2 N–H and O–H groups in total. The van der Waals surface area contributed by atoms with Crippen molar-refractivity contribution in [3.8, 4) is 0 Å². The highest BCUT2D eigenvalue weighted by Gasteiger charge is 2.29. The molecule has 2 rings (SSSR count). The standard InChI is InChI=1S/C12H22N2/c13-6-1-2-7-14-9-11-4-3-5-12(8-11)10-14/h1-2,11-12H,3-10,13H2/b2-1+. The summed E-state index contributed by atoms with van der Waals surface area (Å²) in [5, 5.41) is 0. The smallest absolute Gasteiger partial charge is 0.0163 e. The topological polar surface area (TPSA) is 29.3 Å². The van der Waals surface area contributed by atoms with Crippen LogP contribution in [0.2, 0.25) is 0 Å². The first-order chi connectivity index (χ1) is 6.88. The molecule has 0 aromatic rings. The summed E-state index contributed by atoms with van der Waals surface area (Å²) in [6, 6.07) is 0. The lowest BCUT2D eigenvalue weighted by Crippen LogP contribution is -2.42. The number of hydrogen-bond donors (Lipinski definition) is 1. The maximum absolute atomic E-state index is 5.43. The molecule has 14 heavy (non-hydrogen) atoms. The van der Waals surface area contributed by atoms with Crippen LogP contribution < -0.4 is 5.73 Å². The molecule has 2 nitrogen and oxygen atoms in total. The van der Waals surface area contributed by atoms with E-state index in [4.69, 9.17) is 5.73 Å². The molecular formula is C12H22N2. The van der Waals surface area contributed by atoms with Crippen LogP contribution in [0, 0.1) is 11.8 Å². The number of fused-ring (bicyclic) bond motifs is 2. The fourth-order valence-corrected chi connectivity index (χ4v) is 3.01. The zero-order valence-corrected chi connectivity index (χ0v) is 8.99. The van der Waals surface area contributed by atoms with Gasteiger partial charge < -0.3 is 5.73 Å². The molecule has 2 bridgehead atoms. The molecule has 2 aliphatic rings. The lowest BCUT2D eigenvalue weighted by molar-refractivity contribution is 0.0956. The monoisotopic (exact) mass is 194 g/mol. The molecule has 2 unspecified atom stereocenters. The third-order valence-corrected chi connectivity index (χ3v) is 3.59. The first-order valence-electron chi connectivity index (χ1n) is 5.96. The zero-order valence-electron chi connectivity index (χ0n) is 8.99. The lowest BCUT2D eigenvalue weighted by atomic mass is 9.78. The van der Waals surface area contributed by atoms with Gasteiger partial charge in [0.15, 0.2) is 0 Å². The molecule has 1 aliphatic carbocycles. The second-order valence-electron chi connectivity index (χ2n) is 4.82. The molecule has 0 aromatic heterocycles. The third-order valence-electron chi connectivity index (χ3n) is 3.59. The Labute approximate surface area is 87.2 Å². The van der Waals surface area contributed by atoms with E-state index in [1.807, 2.05) is 0 Å². The molecule has 0 radical (unpaired) electrons. The van der Waals surface area contributed by atoms with E-state index < -0.39 is 0 Å². The second kappa shape index (κ2) is 4.94. The Hall–Kier alpha value is -0.340. The van der Waals surface area contributed by atoms with E-state index in [1.165, 1.54) is 38.8 Å². The molecule has 0 spiro atoms. The van der Waals surface area contributed by atoms with E-state index in [9.17, 15) is 0 Å². The Morgan fingerprint density at radius 3 is 2.50 bits per heavy atom. The van der Waals surface area contributed by atoms with Crippen molar-refractivity contribution in [3.05, 3.63) is 12.2 Å². The van der Waals surface area contributed by atoms with E-state index in [1.54, 1.807) is 0 Å². The SMILES string of the molecule is NC/C=C/CN1CC2CCCC(C2)C1. The van der Waals surface area contributed by atoms with Gasteiger partial charge in [-0.1, -0.05) is 18.6 Å². The second-order valence-corrected chi connectivity index (χ2v) is 4.82. The molecule has 1 heterocycles. The van der Waals surface area contributed by atoms with E-state index in [0.29, 0.717) is 6.54 Å². The van der Waals surface area contributed by atoms with Gasteiger partial charge in [-0.3, -0.25) is 4.90 Å². The number of hydrogen-bond acceptors (Lipinski definition) is 2. The Morgan fingerprint density at radius 1 is 1.14 bits per heavy atom. The van der Waals surface area contributed by atoms with Gasteiger partial charge in [-0.05, 0) is 31.1 Å². The molecule has 1 aliphatic heterocycles. The summed E-state index contributed by atoms with van der Waals surface area (Å²) >= 11 is 0. The molecule has 2 heteroatoms. The number of likely N-dealkylation sites (tertiary alicyclic amines) is 1. The predicted molar refractivity (Wildman–Crippen MR) is 60.1 cm³/mol. The van der Waals surface area contributed by atoms with Crippen LogP contribution in [0.5, 0.6) is 0 Å². The molecular weight excluding hydrogens is 172 g/mol. The molecule has 1 saturated carbocycles. The van der Waals surface area contributed by atoms with Crippen molar-refractivity contribution in [1.82, 2.24) is 4.90 Å². The fourth-order valence-electron chi connectivity index (χ4n) is 3.01. The quantitative estimate of drug-likeness (QED) is 0.692. The largest absolute Gasteiger partial charge is 0.327 e. The van der Waals surface area contributed by atoms with Crippen LogP contribution in [0.4, 0.5) is 0 Å². The summed E-state index contributed by atoms with van der Waals surface area (Å²) in [6.07, 6.45) is 10.2. The Balaban J connectivity index is 1.80. The first-order valence-corrected chi connectivity index (χ1v) is 5.96. The molecule has 80 valence electrons. The van der Waals surface area contributed by atoms with Crippen molar-refractivity contribution in [2.45, 2.75) is 25.7 Å². The molecule has 2 fully saturated rings. The van der Waals surface area contributed by atoms with Gasteiger partial charge in [0.1, 0.15) is 0 Å². The summed E-state index contributed by atoms with van der Waals surface area (Å²) in [4.78, 5) is 2.60. The van der Waals surface area contributed by atoms with Crippen LogP contribution in [0.25, 0.3) is 0 Å². The minimum atomic E-state index is 0.681. The summed E-state index contributed by atoms with van der Waals surface area (Å²) in [7, 11) is 0. The van der Waals surface area contributed by atoms with Crippen LogP contribution >= 0.6 is 0 Å². The number of piperidine rings is 1. The fraction of sp³-hybridized carbons (Fsp3) is 0.833. The average Bonchev–Trinajstić information content (AvgIpc) is 2.18. The minimum absolute atomic E-state index is 0.681. The molecule has 0 aromatic carbocycles. The van der Waals surface area contributed by atoms with Crippen molar-refractivity contribution >= 4 is 0 Å². The van der Waals surface area contributed by atoms with Crippen LogP contribution in [0.1, 0.15) is 25.7 Å². The zero-order chi connectivity index (χ0) is 9.80. The van der Waals surface area contributed by atoms with Gasteiger partial charge in [0.25, 0.3) is 0 Å². The Kier molecular flexibility index (Phi) is 3.60. The van der Waals surface area contributed by atoms with Gasteiger partial charge >= 0.3 is 0 Å². The van der Waals surface area contributed by atoms with Gasteiger partial charge in [0.2, 0.25) is 0 Å². The van der Waals surface area contributed by atoms with E-state index >= 15 is 0 Å². The van der Waals surface area contributed by atoms with Crippen LogP contribution in [-0.4, -0.2) is 31.1 Å². The number of nitrogens with two attached hydrogens (primary N) is 1. The van der Waals surface area contributed by atoms with E-state index in [2.05, 4.69) is 17.1 Å². The summed E-state index contributed by atoms with van der Waals surface area (Å²) in [6.45, 7) is 4.45. The van der Waals surface area contributed by atoms with E-state index in [-0.39, 0.29) is 0 Å². The highest BCUT2D eigenvalue weighted by molar-refractivity contribution is 4.90. The Bertz CT molecular complexity index is 188. The molecule has 1 saturated heterocycles. The highest BCUT2D eigenvalue weighted by atomic mass is 15.1. The van der Waals surface area contributed by atoms with Crippen molar-refractivity contribution < 1.29 is 0 Å². The summed E-state index contributed by atoms with van der Waals surface area (Å²) < 4.78 is 0. The lowest BCUT2D eigenvalue weighted by Gasteiger charge is -2.41. The molecule has 0 amide bonds. The van der Waals surface area contributed by atoms with Crippen molar-refractivity contribution in [2.24, 2.45) is 17.6 Å². The normalized spacial score (nSPS) is 33.8. The minimum Gasteiger partial charge on any atom is -0.327 e. The molecule has 2 atom stereocenters. The van der Waals surface area contributed by atoms with Gasteiger partial charge in [0, 0.05) is 26.2 Å². The van der Waals surface area contributed by atoms with Gasteiger partial charge in [-0.15, -0.1) is 0 Å². The van der Waals surface area contributed by atoms with Gasteiger partial charge in [-0.25, -0.2) is 0 Å². The maximum Gasteiger partial charge on any atom is 0.0163 e. The first kappa shape index (κ1) is 10.2. The van der Waals surface area contributed by atoms with Crippen molar-refractivity contribution in [2.75, 3.05) is 26.2 Å². The average molecular weight is 194 g/mol. The van der Waals surface area contributed by atoms with Crippen molar-refractivity contribution in [3.63, 3.8) is 0 Å². The van der Waals surface area contributed by atoms with Crippen LogP contribution in [0.3, 0.4) is 0 Å². The third kappa shape index (κ3) is 2.58. The Morgan fingerprint density at radius 2 is 1.86 bits per heavy atom. The maximum atomic E-state index is 5.43.